The minimum Gasteiger partial charge on any atom is -0.387 e. The maximum atomic E-state index is 13.2. The van der Waals surface area contributed by atoms with Crippen LogP contribution in [0.5, 0.6) is 0 Å². The first kappa shape index (κ1) is 21.5. The highest BCUT2D eigenvalue weighted by molar-refractivity contribution is 6.02. The number of fused-ring (bicyclic) bond motifs is 5. The smallest absolute Gasteiger partial charge is 0.245 e. The molecule has 0 aromatic rings. The summed E-state index contributed by atoms with van der Waals surface area (Å²) in [5.41, 5.74) is 2.10. The number of Topliss-reactive ketones (excluding diaryl/α,β-unsaturated/α-hetero) is 1. The lowest BCUT2D eigenvalue weighted by Crippen LogP contribution is -2.52. The number of ketones is 2. The summed E-state index contributed by atoms with van der Waals surface area (Å²) in [5, 5.41) is 11.9. The van der Waals surface area contributed by atoms with Gasteiger partial charge in [-0.1, -0.05) is 25.0 Å². The maximum absolute atomic E-state index is 13.2. The number of carbonyl (C=O) groups excluding carboxylic acids is 3. The van der Waals surface area contributed by atoms with Gasteiger partial charge in [0.05, 0.1) is 0 Å². The molecule has 4 aliphatic rings. The van der Waals surface area contributed by atoms with Crippen LogP contribution in [0, 0.1) is 34.5 Å². The Balaban J connectivity index is 1.64. The molecule has 0 radical (unpaired) electrons. The van der Waals surface area contributed by atoms with Crippen molar-refractivity contribution in [2.45, 2.75) is 72.3 Å². The number of carbonyl (C=O) groups is 3. The third-order valence-electron chi connectivity index (χ3n) is 9.14. The van der Waals surface area contributed by atoms with E-state index >= 15 is 0 Å². The molecule has 7 atom stereocenters. The molecule has 0 saturated heterocycles. The largest absolute Gasteiger partial charge is 0.387 e. The average molecular weight is 414 g/mol. The summed E-state index contributed by atoms with van der Waals surface area (Å²) in [4.78, 5) is 36.9. The zero-order chi connectivity index (χ0) is 21.8. The number of aliphatic hydroxyl groups is 1. The van der Waals surface area contributed by atoms with Crippen molar-refractivity contribution in [3.05, 3.63) is 23.3 Å². The van der Waals surface area contributed by atoms with Crippen LogP contribution in [0.25, 0.3) is 0 Å². The molecule has 0 heterocycles. The number of allylic oxidation sites excluding steroid dienone is 4. The third-order valence-corrected chi connectivity index (χ3v) is 9.14. The number of nitrogens with one attached hydrogen (secondary N) is 1. The van der Waals surface area contributed by atoms with Crippen LogP contribution in [0.15, 0.2) is 23.3 Å². The van der Waals surface area contributed by atoms with Gasteiger partial charge in [0.15, 0.2) is 5.78 Å². The molecule has 5 heteroatoms. The Hall–Kier alpha value is -1.75. The van der Waals surface area contributed by atoms with Gasteiger partial charge in [-0.25, -0.2) is 0 Å². The van der Waals surface area contributed by atoms with Crippen molar-refractivity contribution in [2.75, 3.05) is 6.61 Å². The van der Waals surface area contributed by atoms with E-state index in [1.54, 1.807) is 0 Å². The van der Waals surface area contributed by atoms with Crippen LogP contribution >= 0.6 is 0 Å². The van der Waals surface area contributed by atoms with Crippen molar-refractivity contribution in [1.29, 1.82) is 0 Å². The molecule has 3 fully saturated rings. The summed E-state index contributed by atoms with van der Waals surface area (Å²) >= 11 is 0. The topological polar surface area (TPSA) is 83.5 Å². The molecule has 164 valence electrons. The van der Waals surface area contributed by atoms with E-state index in [1.807, 2.05) is 19.1 Å². The summed E-state index contributed by atoms with van der Waals surface area (Å²) < 4.78 is 0. The summed E-state index contributed by atoms with van der Waals surface area (Å²) in [6.45, 7) is 8.06. The van der Waals surface area contributed by atoms with Gasteiger partial charge in [-0.2, -0.15) is 0 Å². The highest BCUT2D eigenvalue weighted by Crippen LogP contribution is 2.66. The molecule has 1 amide bonds. The van der Waals surface area contributed by atoms with Crippen molar-refractivity contribution in [1.82, 2.24) is 5.32 Å². The first-order valence-corrected chi connectivity index (χ1v) is 11.5. The van der Waals surface area contributed by atoms with E-state index in [4.69, 9.17) is 5.11 Å². The Morgan fingerprint density at radius 1 is 1.27 bits per heavy atom. The molecule has 2 N–H and O–H groups in total. The van der Waals surface area contributed by atoms with Crippen LogP contribution in [0.1, 0.15) is 66.2 Å². The lowest BCUT2D eigenvalue weighted by atomic mass is 9.46. The van der Waals surface area contributed by atoms with Gasteiger partial charge in [-0.3, -0.25) is 14.4 Å². The van der Waals surface area contributed by atoms with Gasteiger partial charge in [-0.15, -0.1) is 0 Å². The zero-order valence-electron chi connectivity index (χ0n) is 18.7. The predicted molar refractivity (Wildman–Crippen MR) is 114 cm³/mol. The minimum atomic E-state index is -0.502. The first-order chi connectivity index (χ1) is 14.1. The fourth-order valence-corrected chi connectivity index (χ4v) is 7.68. The molecule has 0 unspecified atom stereocenters. The monoisotopic (exact) mass is 413 g/mol. The fourth-order valence-electron chi connectivity index (χ4n) is 7.68. The quantitative estimate of drug-likeness (QED) is 0.740. The molecule has 3 saturated carbocycles. The Bertz CT molecular complexity index is 842. The molecule has 0 aromatic carbocycles. The number of rotatable bonds is 4. The van der Waals surface area contributed by atoms with E-state index in [-0.39, 0.29) is 34.5 Å². The van der Waals surface area contributed by atoms with Gasteiger partial charge in [0, 0.05) is 23.3 Å². The number of hydrogen-bond acceptors (Lipinski definition) is 4. The predicted octanol–water partition coefficient (Wildman–Crippen LogP) is 3.37. The molecule has 0 spiro atoms. The van der Waals surface area contributed by atoms with E-state index in [0.29, 0.717) is 30.0 Å². The second kappa shape index (κ2) is 7.44. The summed E-state index contributed by atoms with van der Waals surface area (Å²) in [5.74, 6) is 1.63. The minimum absolute atomic E-state index is 0.0613. The van der Waals surface area contributed by atoms with Crippen LogP contribution in [0.4, 0.5) is 0 Å². The first-order valence-electron chi connectivity index (χ1n) is 11.5. The maximum Gasteiger partial charge on any atom is 0.245 e. The Morgan fingerprint density at radius 3 is 2.70 bits per heavy atom. The third kappa shape index (κ3) is 3.12. The van der Waals surface area contributed by atoms with Crippen LogP contribution in [0.3, 0.4) is 0 Å². The molecule has 0 bridgehead atoms. The van der Waals surface area contributed by atoms with Gasteiger partial charge in [0.2, 0.25) is 5.91 Å². The van der Waals surface area contributed by atoms with Crippen LogP contribution in [0.2, 0.25) is 0 Å². The van der Waals surface area contributed by atoms with Crippen LogP contribution in [-0.2, 0) is 14.4 Å². The number of hydrogen-bond donors (Lipinski definition) is 2. The summed E-state index contributed by atoms with van der Waals surface area (Å²) in [6, 6.07) is -0.0613. The second-order valence-electron chi connectivity index (χ2n) is 10.6. The van der Waals surface area contributed by atoms with Crippen LogP contribution in [-0.4, -0.2) is 35.2 Å². The fraction of sp³-hybridized carbons (Fsp3) is 0.720. The van der Waals surface area contributed by atoms with Gasteiger partial charge < -0.3 is 10.4 Å². The van der Waals surface area contributed by atoms with E-state index in [2.05, 4.69) is 26.1 Å². The molecule has 4 rings (SSSR count). The summed E-state index contributed by atoms with van der Waals surface area (Å²) in [7, 11) is 0. The van der Waals surface area contributed by atoms with Gasteiger partial charge in [-0.05, 0) is 81.8 Å². The highest BCUT2D eigenvalue weighted by Gasteiger charge is 2.62. The normalized spacial score (nSPS) is 41.2. The van der Waals surface area contributed by atoms with Gasteiger partial charge in [0.1, 0.15) is 12.4 Å². The van der Waals surface area contributed by atoms with E-state index in [9.17, 15) is 14.4 Å². The molecular weight excluding hydrogens is 378 g/mol. The van der Waals surface area contributed by atoms with Gasteiger partial charge >= 0.3 is 0 Å². The Morgan fingerprint density at radius 2 is 2.00 bits per heavy atom. The summed E-state index contributed by atoms with van der Waals surface area (Å²) in [6.07, 6.45) is 8.94. The van der Waals surface area contributed by atoms with Gasteiger partial charge in [0.25, 0.3) is 0 Å². The molecular formula is C25H35NO4. The lowest BCUT2D eigenvalue weighted by molar-refractivity contribution is -0.132. The lowest BCUT2D eigenvalue weighted by Gasteiger charge is -2.58. The molecule has 0 aliphatic heterocycles. The molecule has 30 heavy (non-hydrogen) atoms. The number of amides is 1. The Kier molecular flexibility index (Phi) is 5.32. The second-order valence-corrected chi connectivity index (χ2v) is 10.6. The average Bonchev–Trinajstić information content (AvgIpc) is 2.93. The standard InChI is InChI=1S/C25H35NO4/c1-14-9-18(28)12-17-5-6-19-20(25(14,17)4)7-8-24(3)21(29)11-16(23(19)24)10-15(2)26-22(30)13-27/h9,12,15-16,19-20,23,27H,5-8,10-11,13H2,1-4H3,(H,26,30)/t15-,16+,19-,20+,23+,24-,25+/m1/s1. The van der Waals surface area contributed by atoms with E-state index < -0.39 is 6.61 Å². The van der Waals surface area contributed by atoms with Crippen molar-refractivity contribution in [3.8, 4) is 0 Å². The SMILES string of the molecule is CC1=CC(=O)C=C2CC[C@H]3[C@@H]4[C@@H](C[C@@H](C)NC(=O)CO)CC(=O)[C@@]4(C)CC[C@@H]3[C@@]12C. The molecule has 4 aliphatic carbocycles. The molecule has 0 aromatic heterocycles. The number of aliphatic hydroxyl groups excluding tert-OH is 1. The van der Waals surface area contributed by atoms with Crippen LogP contribution < -0.4 is 5.32 Å². The van der Waals surface area contributed by atoms with E-state index in [0.717, 1.165) is 32.1 Å². The Labute approximate surface area is 179 Å². The van der Waals surface area contributed by atoms with Crippen molar-refractivity contribution in [2.24, 2.45) is 34.5 Å². The zero-order valence-corrected chi connectivity index (χ0v) is 18.7. The van der Waals surface area contributed by atoms with Crippen molar-refractivity contribution >= 4 is 17.5 Å². The van der Waals surface area contributed by atoms with Crippen molar-refractivity contribution in [3.63, 3.8) is 0 Å². The highest BCUT2D eigenvalue weighted by atomic mass is 16.3. The van der Waals surface area contributed by atoms with E-state index in [1.165, 1.54) is 11.1 Å². The van der Waals surface area contributed by atoms with Crippen molar-refractivity contribution < 1.29 is 19.5 Å². The molecule has 5 nitrogen and oxygen atoms in total.